The van der Waals surface area contributed by atoms with Crippen molar-refractivity contribution in [2.75, 3.05) is 6.54 Å². The molecule has 0 radical (unpaired) electrons. The van der Waals surface area contributed by atoms with E-state index in [-0.39, 0.29) is 18.4 Å². The van der Waals surface area contributed by atoms with Crippen LogP contribution in [0.5, 0.6) is 0 Å². The first-order valence-corrected chi connectivity index (χ1v) is 7.19. The standard InChI is InChI=1S/C16H19NO3/c18-14(17-10-16(7-8-16)15(19)20)13-6-5-11-3-1-2-4-12(11)9-13/h1-4,13H,5-10H2,(H,17,18)(H,19,20). The normalized spacial score (nSPS) is 22.7. The van der Waals surface area contributed by atoms with Gasteiger partial charge in [0.05, 0.1) is 5.41 Å². The van der Waals surface area contributed by atoms with Gasteiger partial charge in [0.15, 0.2) is 0 Å². The summed E-state index contributed by atoms with van der Waals surface area (Å²) in [5, 5.41) is 12.0. The van der Waals surface area contributed by atoms with Gasteiger partial charge in [0.2, 0.25) is 5.91 Å². The lowest BCUT2D eigenvalue weighted by Crippen LogP contribution is -2.39. The fourth-order valence-corrected chi connectivity index (χ4v) is 2.94. The number of carboxylic acid groups (broad SMARTS) is 1. The van der Waals surface area contributed by atoms with Gasteiger partial charge in [-0.05, 0) is 43.2 Å². The lowest BCUT2D eigenvalue weighted by atomic mass is 9.83. The molecule has 0 aliphatic heterocycles. The van der Waals surface area contributed by atoms with Gasteiger partial charge in [0, 0.05) is 12.5 Å². The third-order valence-electron chi connectivity index (χ3n) is 4.63. The number of carbonyl (C=O) groups excluding carboxylic acids is 1. The summed E-state index contributed by atoms with van der Waals surface area (Å²) in [4.78, 5) is 23.3. The maximum atomic E-state index is 12.2. The molecule has 2 aliphatic carbocycles. The van der Waals surface area contributed by atoms with Crippen LogP contribution in [0, 0.1) is 11.3 Å². The Morgan fingerprint density at radius 1 is 1.25 bits per heavy atom. The Morgan fingerprint density at radius 2 is 1.95 bits per heavy atom. The number of fused-ring (bicyclic) bond motifs is 1. The van der Waals surface area contributed by atoms with Crippen molar-refractivity contribution in [2.24, 2.45) is 11.3 Å². The molecule has 1 saturated carbocycles. The Kier molecular flexibility index (Phi) is 3.24. The number of rotatable bonds is 4. The summed E-state index contributed by atoms with van der Waals surface area (Å²) in [7, 11) is 0. The van der Waals surface area contributed by atoms with Crippen molar-refractivity contribution < 1.29 is 14.7 Å². The molecule has 2 aliphatic rings. The van der Waals surface area contributed by atoms with Gasteiger partial charge < -0.3 is 10.4 Å². The van der Waals surface area contributed by atoms with Gasteiger partial charge in [-0.25, -0.2) is 0 Å². The first-order chi connectivity index (χ1) is 9.61. The first kappa shape index (κ1) is 13.2. The van der Waals surface area contributed by atoms with E-state index in [4.69, 9.17) is 5.11 Å². The first-order valence-electron chi connectivity index (χ1n) is 7.19. The van der Waals surface area contributed by atoms with Crippen LogP contribution in [-0.2, 0) is 22.4 Å². The third kappa shape index (κ3) is 2.42. The predicted octanol–water partition coefficient (Wildman–Crippen LogP) is 1.77. The molecule has 1 amide bonds. The number of hydrogen-bond acceptors (Lipinski definition) is 2. The highest BCUT2D eigenvalue weighted by atomic mass is 16.4. The number of nitrogens with one attached hydrogen (secondary N) is 1. The largest absolute Gasteiger partial charge is 0.481 e. The monoisotopic (exact) mass is 273 g/mol. The summed E-state index contributed by atoms with van der Waals surface area (Å²) >= 11 is 0. The third-order valence-corrected chi connectivity index (χ3v) is 4.63. The van der Waals surface area contributed by atoms with Crippen molar-refractivity contribution in [3.05, 3.63) is 35.4 Å². The molecule has 0 heterocycles. The van der Waals surface area contributed by atoms with Crippen LogP contribution in [0.25, 0.3) is 0 Å². The summed E-state index contributed by atoms with van der Waals surface area (Å²) in [6, 6.07) is 8.23. The second-order valence-electron chi connectivity index (χ2n) is 6.01. The van der Waals surface area contributed by atoms with Crippen molar-refractivity contribution in [1.29, 1.82) is 0 Å². The minimum absolute atomic E-state index is 0.00651. The van der Waals surface area contributed by atoms with Gasteiger partial charge in [-0.2, -0.15) is 0 Å². The molecule has 2 N–H and O–H groups in total. The molecule has 1 aromatic carbocycles. The predicted molar refractivity (Wildman–Crippen MR) is 74.3 cm³/mol. The summed E-state index contributed by atoms with van der Waals surface area (Å²) < 4.78 is 0. The van der Waals surface area contributed by atoms with Gasteiger partial charge >= 0.3 is 5.97 Å². The van der Waals surface area contributed by atoms with E-state index in [0.717, 1.165) is 19.3 Å². The highest BCUT2D eigenvalue weighted by Gasteiger charge is 2.50. The van der Waals surface area contributed by atoms with Crippen LogP contribution in [0.1, 0.15) is 30.4 Å². The van der Waals surface area contributed by atoms with Crippen molar-refractivity contribution in [3.63, 3.8) is 0 Å². The maximum absolute atomic E-state index is 12.2. The second kappa shape index (κ2) is 4.93. The molecule has 0 aromatic heterocycles. The van der Waals surface area contributed by atoms with Crippen molar-refractivity contribution in [3.8, 4) is 0 Å². The van der Waals surface area contributed by atoms with E-state index in [0.29, 0.717) is 12.8 Å². The van der Waals surface area contributed by atoms with Crippen LogP contribution in [0.4, 0.5) is 0 Å². The molecule has 20 heavy (non-hydrogen) atoms. The average Bonchev–Trinajstić information content (AvgIpc) is 3.25. The minimum Gasteiger partial charge on any atom is -0.481 e. The molecule has 4 heteroatoms. The molecule has 0 bridgehead atoms. The zero-order valence-electron chi connectivity index (χ0n) is 11.4. The van der Waals surface area contributed by atoms with Crippen molar-refractivity contribution in [2.45, 2.75) is 32.1 Å². The van der Waals surface area contributed by atoms with E-state index >= 15 is 0 Å². The molecule has 0 saturated heterocycles. The Bertz CT molecular complexity index is 548. The van der Waals surface area contributed by atoms with Crippen LogP contribution in [-0.4, -0.2) is 23.5 Å². The smallest absolute Gasteiger partial charge is 0.311 e. The van der Waals surface area contributed by atoms with E-state index in [1.807, 2.05) is 12.1 Å². The summed E-state index contributed by atoms with van der Waals surface area (Å²) in [6.45, 7) is 0.277. The van der Waals surface area contributed by atoms with Gasteiger partial charge in [0.1, 0.15) is 0 Å². The number of benzene rings is 1. The molecule has 1 aromatic rings. The van der Waals surface area contributed by atoms with Crippen LogP contribution in [0.2, 0.25) is 0 Å². The van der Waals surface area contributed by atoms with Gasteiger partial charge in [-0.15, -0.1) is 0 Å². The van der Waals surface area contributed by atoms with E-state index < -0.39 is 11.4 Å². The molecule has 3 rings (SSSR count). The highest BCUT2D eigenvalue weighted by molar-refractivity contribution is 5.82. The summed E-state index contributed by atoms with van der Waals surface area (Å²) in [5.41, 5.74) is 1.90. The zero-order valence-corrected chi connectivity index (χ0v) is 11.4. The van der Waals surface area contributed by atoms with E-state index in [2.05, 4.69) is 17.4 Å². The Morgan fingerprint density at radius 3 is 2.60 bits per heavy atom. The zero-order chi connectivity index (χ0) is 14.2. The Labute approximate surface area is 118 Å². The maximum Gasteiger partial charge on any atom is 0.311 e. The average molecular weight is 273 g/mol. The fourth-order valence-electron chi connectivity index (χ4n) is 2.94. The molecule has 4 nitrogen and oxygen atoms in total. The topological polar surface area (TPSA) is 66.4 Å². The number of carbonyl (C=O) groups is 2. The second-order valence-corrected chi connectivity index (χ2v) is 6.01. The highest BCUT2D eigenvalue weighted by Crippen LogP contribution is 2.45. The molecular weight excluding hydrogens is 254 g/mol. The minimum atomic E-state index is -0.785. The lowest BCUT2D eigenvalue weighted by molar-refractivity contribution is -0.143. The number of aliphatic carboxylic acids is 1. The quantitative estimate of drug-likeness (QED) is 0.878. The number of carboxylic acids is 1. The van der Waals surface area contributed by atoms with Crippen molar-refractivity contribution in [1.82, 2.24) is 5.32 Å². The Balaban J connectivity index is 1.58. The lowest BCUT2D eigenvalue weighted by Gasteiger charge is -2.24. The van der Waals surface area contributed by atoms with Crippen LogP contribution < -0.4 is 5.32 Å². The molecule has 1 atom stereocenters. The van der Waals surface area contributed by atoms with Gasteiger partial charge in [0.25, 0.3) is 0 Å². The number of amides is 1. The van der Waals surface area contributed by atoms with E-state index in [1.54, 1.807) is 0 Å². The van der Waals surface area contributed by atoms with E-state index in [9.17, 15) is 9.59 Å². The molecule has 106 valence electrons. The molecular formula is C16H19NO3. The summed E-state index contributed by atoms with van der Waals surface area (Å²) in [5.74, 6) is -0.798. The summed E-state index contributed by atoms with van der Waals surface area (Å²) in [6.07, 6.45) is 3.90. The SMILES string of the molecule is O=C(NCC1(C(=O)O)CC1)C1CCc2ccccc2C1. The fraction of sp³-hybridized carbons (Fsp3) is 0.500. The number of aryl methyl sites for hydroxylation is 1. The van der Waals surface area contributed by atoms with Crippen LogP contribution in [0.15, 0.2) is 24.3 Å². The Hall–Kier alpha value is -1.84. The number of hydrogen-bond donors (Lipinski definition) is 2. The molecule has 1 fully saturated rings. The van der Waals surface area contributed by atoms with E-state index in [1.165, 1.54) is 11.1 Å². The van der Waals surface area contributed by atoms with Gasteiger partial charge in [-0.1, -0.05) is 24.3 Å². The van der Waals surface area contributed by atoms with Crippen LogP contribution >= 0.6 is 0 Å². The van der Waals surface area contributed by atoms with Crippen LogP contribution in [0.3, 0.4) is 0 Å². The van der Waals surface area contributed by atoms with Gasteiger partial charge in [-0.3, -0.25) is 9.59 Å². The van der Waals surface area contributed by atoms with Crippen molar-refractivity contribution >= 4 is 11.9 Å². The molecule has 1 unspecified atom stereocenters. The molecule has 0 spiro atoms.